The lowest BCUT2D eigenvalue weighted by atomic mass is 10.4. The molecule has 10 heteroatoms. The van der Waals surface area contributed by atoms with Gasteiger partial charge in [0.1, 0.15) is 5.03 Å². The Kier molecular flexibility index (Phi) is 4.59. The summed E-state index contributed by atoms with van der Waals surface area (Å²) in [5.74, 6) is 5.62. The highest BCUT2D eigenvalue weighted by Gasteiger charge is 2.16. The van der Waals surface area contributed by atoms with Gasteiger partial charge < -0.3 is 5.43 Å². The van der Waals surface area contributed by atoms with Crippen LogP contribution >= 0.6 is 35.0 Å². The largest absolute Gasteiger partial charge is 0.344 e. The number of hydrogen-bond acceptors (Lipinski definition) is 6. The summed E-state index contributed by atoms with van der Waals surface area (Å²) in [6.07, 6.45) is 0. The zero-order chi connectivity index (χ0) is 14.9. The number of aromatic nitrogens is 4. The molecule has 0 saturated heterocycles. The van der Waals surface area contributed by atoms with Crippen LogP contribution in [0.15, 0.2) is 21.0 Å². The van der Waals surface area contributed by atoms with Gasteiger partial charge in [0.15, 0.2) is 11.0 Å². The Labute approximate surface area is 128 Å². The van der Waals surface area contributed by atoms with E-state index < -0.39 is 0 Å². The number of nitrogens with one attached hydrogen (secondary N) is 2. The molecule has 0 aliphatic carbocycles. The first-order valence-electron chi connectivity index (χ1n) is 5.61. The zero-order valence-electron chi connectivity index (χ0n) is 10.6. The summed E-state index contributed by atoms with van der Waals surface area (Å²) in [5, 5.41) is 7.93. The molecule has 0 aliphatic rings. The van der Waals surface area contributed by atoms with Gasteiger partial charge in [-0.15, -0.1) is 5.10 Å². The smallest absolute Gasteiger partial charge is 0.307 e. The Bertz CT molecular complexity index is 683. The van der Waals surface area contributed by atoms with Crippen molar-refractivity contribution in [1.82, 2.24) is 19.7 Å². The van der Waals surface area contributed by atoms with Crippen molar-refractivity contribution in [2.75, 3.05) is 5.43 Å². The summed E-state index contributed by atoms with van der Waals surface area (Å²) >= 11 is 13.2. The third-order valence-electron chi connectivity index (χ3n) is 2.41. The van der Waals surface area contributed by atoms with E-state index in [1.165, 1.54) is 10.6 Å². The van der Waals surface area contributed by atoms with Crippen LogP contribution in [0.2, 0.25) is 10.0 Å². The fraction of sp³-hybridized carbons (Fsp3) is 0.300. The number of aromatic amines is 1. The van der Waals surface area contributed by atoms with Crippen molar-refractivity contribution < 1.29 is 0 Å². The lowest BCUT2D eigenvalue weighted by molar-refractivity contribution is 0.534. The number of pyridine rings is 1. The maximum atomic E-state index is 11.7. The molecule has 4 N–H and O–H groups in total. The second kappa shape index (κ2) is 6.04. The fourth-order valence-electron chi connectivity index (χ4n) is 1.53. The maximum absolute atomic E-state index is 11.7. The van der Waals surface area contributed by atoms with Crippen LogP contribution < -0.4 is 17.0 Å². The summed E-state index contributed by atoms with van der Waals surface area (Å²) in [7, 11) is 0. The highest BCUT2D eigenvalue weighted by Crippen LogP contribution is 2.34. The first-order chi connectivity index (χ1) is 9.43. The first kappa shape index (κ1) is 15.2. The average molecular weight is 335 g/mol. The standard InChI is InChI=1S/C10H12Cl2N6OS/c1-4(2)18-9(19)16-17-10(18)20-8-6(12)3-5(11)7(14-8)15-13/h3-4H,13H2,1-2H3,(H,14,15)(H,16,19). The van der Waals surface area contributed by atoms with Gasteiger partial charge in [-0.1, -0.05) is 23.2 Å². The maximum Gasteiger partial charge on any atom is 0.344 e. The third kappa shape index (κ3) is 2.93. The minimum absolute atomic E-state index is 0.0399. The monoisotopic (exact) mass is 334 g/mol. The van der Waals surface area contributed by atoms with Crippen LogP contribution in [0.5, 0.6) is 0 Å². The molecule has 2 rings (SSSR count). The predicted octanol–water partition coefficient (Wildman–Crippen LogP) is 2.29. The molecule has 0 aliphatic heterocycles. The van der Waals surface area contributed by atoms with Gasteiger partial charge in [-0.05, 0) is 31.7 Å². The molecular formula is C10H12Cl2N6OS. The zero-order valence-corrected chi connectivity index (χ0v) is 13.0. The summed E-state index contributed by atoms with van der Waals surface area (Å²) < 4.78 is 1.51. The molecule has 108 valence electrons. The minimum Gasteiger partial charge on any atom is -0.307 e. The lowest BCUT2D eigenvalue weighted by Gasteiger charge is -2.10. The second-order valence-electron chi connectivity index (χ2n) is 4.13. The van der Waals surface area contributed by atoms with Crippen LogP contribution in [-0.4, -0.2) is 19.7 Å². The number of hydrogen-bond donors (Lipinski definition) is 3. The molecule has 0 spiro atoms. The van der Waals surface area contributed by atoms with E-state index >= 15 is 0 Å². The van der Waals surface area contributed by atoms with Crippen molar-refractivity contribution in [3.63, 3.8) is 0 Å². The number of anilines is 1. The molecule has 2 aromatic heterocycles. The molecule has 0 saturated carbocycles. The summed E-state index contributed by atoms with van der Waals surface area (Å²) in [5.41, 5.74) is 2.09. The molecule has 0 radical (unpaired) electrons. The van der Waals surface area contributed by atoms with Gasteiger partial charge in [-0.3, -0.25) is 4.57 Å². The van der Waals surface area contributed by atoms with Crippen LogP contribution in [0.25, 0.3) is 0 Å². The summed E-state index contributed by atoms with van der Waals surface area (Å²) in [4.78, 5) is 15.8. The molecule has 0 amide bonds. The molecular weight excluding hydrogens is 323 g/mol. The van der Waals surface area contributed by atoms with Gasteiger partial charge in [0.05, 0.1) is 10.0 Å². The Morgan fingerprint density at radius 2 is 2.15 bits per heavy atom. The van der Waals surface area contributed by atoms with Gasteiger partial charge in [-0.2, -0.15) is 0 Å². The Morgan fingerprint density at radius 3 is 2.75 bits per heavy atom. The number of rotatable bonds is 4. The van der Waals surface area contributed by atoms with Crippen LogP contribution in [0.1, 0.15) is 19.9 Å². The van der Waals surface area contributed by atoms with Gasteiger partial charge in [0.25, 0.3) is 0 Å². The average Bonchev–Trinajstić information content (AvgIpc) is 2.74. The summed E-state index contributed by atoms with van der Waals surface area (Å²) in [6, 6.07) is 1.49. The number of nitrogens with two attached hydrogens (primary N) is 1. The normalized spacial score (nSPS) is 11.1. The Hall–Kier alpha value is -1.22. The van der Waals surface area contributed by atoms with E-state index in [0.29, 0.717) is 26.0 Å². The van der Waals surface area contributed by atoms with Gasteiger partial charge in [-0.25, -0.2) is 20.7 Å². The molecule has 0 atom stereocenters. The number of halogens is 2. The molecule has 20 heavy (non-hydrogen) atoms. The van der Waals surface area contributed by atoms with E-state index in [9.17, 15) is 4.79 Å². The van der Waals surface area contributed by atoms with E-state index in [-0.39, 0.29) is 11.7 Å². The molecule has 0 bridgehead atoms. The van der Waals surface area contributed by atoms with Crippen LogP contribution in [0.4, 0.5) is 5.82 Å². The van der Waals surface area contributed by atoms with Gasteiger partial charge in [0, 0.05) is 6.04 Å². The molecule has 0 aromatic carbocycles. The molecule has 0 unspecified atom stereocenters. The highest BCUT2D eigenvalue weighted by molar-refractivity contribution is 7.99. The Balaban J connectivity index is 2.43. The molecule has 7 nitrogen and oxygen atoms in total. The van der Waals surface area contributed by atoms with Crippen molar-refractivity contribution in [1.29, 1.82) is 0 Å². The second-order valence-corrected chi connectivity index (χ2v) is 5.90. The SMILES string of the molecule is CC(C)n1c(Sc2nc(NN)c(Cl)cc2Cl)n[nH]c1=O. The van der Waals surface area contributed by atoms with Crippen molar-refractivity contribution in [2.45, 2.75) is 30.1 Å². The Morgan fingerprint density at radius 1 is 1.45 bits per heavy atom. The van der Waals surface area contributed by atoms with E-state index in [1.54, 1.807) is 0 Å². The van der Waals surface area contributed by atoms with Crippen LogP contribution in [0, 0.1) is 0 Å². The predicted molar refractivity (Wildman–Crippen MR) is 79.4 cm³/mol. The molecule has 2 aromatic rings. The molecule has 2 heterocycles. The number of nitrogens with zero attached hydrogens (tertiary/aromatic N) is 3. The first-order valence-corrected chi connectivity index (χ1v) is 7.18. The fourth-order valence-corrected chi connectivity index (χ4v) is 3.01. The van der Waals surface area contributed by atoms with Gasteiger partial charge in [0.2, 0.25) is 0 Å². The molecule has 0 fully saturated rings. The lowest BCUT2D eigenvalue weighted by Crippen LogP contribution is -2.19. The quantitative estimate of drug-likeness (QED) is 0.585. The summed E-state index contributed by atoms with van der Waals surface area (Å²) in [6.45, 7) is 3.76. The van der Waals surface area contributed by atoms with Crippen molar-refractivity contribution >= 4 is 40.8 Å². The van der Waals surface area contributed by atoms with E-state index in [2.05, 4.69) is 20.6 Å². The topological polar surface area (TPSA) is 102 Å². The van der Waals surface area contributed by atoms with E-state index in [4.69, 9.17) is 29.0 Å². The number of H-pyrrole nitrogens is 1. The van der Waals surface area contributed by atoms with Crippen molar-refractivity contribution in [3.8, 4) is 0 Å². The van der Waals surface area contributed by atoms with Crippen LogP contribution in [0.3, 0.4) is 0 Å². The third-order valence-corrected chi connectivity index (χ3v) is 4.07. The van der Waals surface area contributed by atoms with E-state index in [1.807, 2.05) is 13.8 Å². The van der Waals surface area contributed by atoms with E-state index in [0.717, 1.165) is 11.8 Å². The van der Waals surface area contributed by atoms with Crippen LogP contribution in [-0.2, 0) is 0 Å². The number of nitrogen functional groups attached to an aromatic ring is 1. The van der Waals surface area contributed by atoms with Crippen molar-refractivity contribution in [3.05, 3.63) is 26.6 Å². The minimum atomic E-state index is -0.287. The number of hydrazine groups is 1. The van der Waals surface area contributed by atoms with Gasteiger partial charge >= 0.3 is 5.69 Å². The van der Waals surface area contributed by atoms with Crippen molar-refractivity contribution in [2.24, 2.45) is 5.84 Å². The highest BCUT2D eigenvalue weighted by atomic mass is 35.5.